The van der Waals surface area contributed by atoms with Crippen molar-refractivity contribution >= 4 is 11.8 Å². The molecule has 0 aliphatic carbocycles. The van der Waals surface area contributed by atoms with Gasteiger partial charge in [0.25, 0.3) is 0 Å². The third kappa shape index (κ3) is 3.34. The summed E-state index contributed by atoms with van der Waals surface area (Å²) >= 11 is 1.28. The minimum atomic E-state index is -4.43. The van der Waals surface area contributed by atoms with Gasteiger partial charge in [0, 0.05) is 9.79 Å². The van der Waals surface area contributed by atoms with E-state index in [1.165, 1.54) is 17.8 Å². The summed E-state index contributed by atoms with van der Waals surface area (Å²) in [7, 11) is 0. The van der Waals surface area contributed by atoms with Gasteiger partial charge in [0.05, 0.1) is 11.1 Å². The fraction of sp³-hybridized carbons (Fsp3) is 0.133. The van der Waals surface area contributed by atoms with Crippen molar-refractivity contribution in [3.8, 4) is 6.07 Å². The number of benzene rings is 2. The van der Waals surface area contributed by atoms with Crippen molar-refractivity contribution in [1.82, 2.24) is 0 Å². The molecule has 0 atom stereocenters. The van der Waals surface area contributed by atoms with Crippen LogP contribution in [0.15, 0.2) is 52.3 Å². The highest BCUT2D eigenvalue weighted by atomic mass is 32.2. The van der Waals surface area contributed by atoms with Gasteiger partial charge in [-0.1, -0.05) is 29.5 Å². The molecule has 102 valence electrons. The largest absolute Gasteiger partial charge is 0.416 e. The van der Waals surface area contributed by atoms with E-state index in [0.717, 1.165) is 22.6 Å². The van der Waals surface area contributed by atoms with Gasteiger partial charge in [0.15, 0.2) is 0 Å². The molecule has 5 heteroatoms. The molecule has 2 aromatic rings. The van der Waals surface area contributed by atoms with E-state index in [1.807, 2.05) is 37.3 Å². The summed E-state index contributed by atoms with van der Waals surface area (Å²) in [5.74, 6) is 0. The van der Waals surface area contributed by atoms with E-state index in [4.69, 9.17) is 5.26 Å². The van der Waals surface area contributed by atoms with Gasteiger partial charge >= 0.3 is 6.18 Å². The van der Waals surface area contributed by atoms with Crippen LogP contribution in [0.4, 0.5) is 13.2 Å². The summed E-state index contributed by atoms with van der Waals surface area (Å²) in [4.78, 5) is 1.41. The molecule has 2 rings (SSSR count). The van der Waals surface area contributed by atoms with Crippen molar-refractivity contribution in [2.24, 2.45) is 0 Å². The maximum absolute atomic E-state index is 12.6. The Kier molecular flexibility index (Phi) is 4.05. The van der Waals surface area contributed by atoms with Crippen LogP contribution in [0.1, 0.15) is 16.7 Å². The Morgan fingerprint density at radius 2 is 1.85 bits per heavy atom. The Balaban J connectivity index is 2.36. The average molecular weight is 293 g/mol. The minimum Gasteiger partial charge on any atom is -0.192 e. The van der Waals surface area contributed by atoms with Crippen LogP contribution in [0, 0.1) is 18.3 Å². The quantitative estimate of drug-likeness (QED) is 0.774. The van der Waals surface area contributed by atoms with Crippen LogP contribution in [0.3, 0.4) is 0 Å². The summed E-state index contributed by atoms with van der Waals surface area (Å²) in [6, 6.07) is 12.6. The zero-order valence-corrected chi connectivity index (χ0v) is 11.3. The van der Waals surface area contributed by atoms with Gasteiger partial charge in [-0.25, -0.2) is 0 Å². The van der Waals surface area contributed by atoms with E-state index in [9.17, 15) is 13.2 Å². The summed E-state index contributed by atoms with van der Waals surface area (Å²) in [6.07, 6.45) is -4.43. The molecule has 0 saturated carbocycles. The molecule has 0 N–H and O–H groups in total. The second-order valence-corrected chi connectivity index (χ2v) is 5.35. The van der Waals surface area contributed by atoms with Crippen LogP contribution in [-0.4, -0.2) is 0 Å². The number of hydrogen-bond donors (Lipinski definition) is 0. The minimum absolute atomic E-state index is 0.0336. The van der Waals surface area contributed by atoms with Crippen molar-refractivity contribution in [2.45, 2.75) is 22.9 Å². The third-order valence-electron chi connectivity index (χ3n) is 2.64. The Morgan fingerprint density at radius 1 is 1.10 bits per heavy atom. The van der Waals surface area contributed by atoms with E-state index in [0.29, 0.717) is 4.90 Å². The predicted molar refractivity (Wildman–Crippen MR) is 71.5 cm³/mol. The number of alkyl halides is 3. The number of aryl methyl sites for hydroxylation is 1. The molecule has 0 saturated heterocycles. The highest BCUT2D eigenvalue weighted by Crippen LogP contribution is 2.35. The van der Waals surface area contributed by atoms with Gasteiger partial charge in [0.1, 0.15) is 6.07 Å². The fourth-order valence-corrected chi connectivity index (χ4v) is 2.68. The van der Waals surface area contributed by atoms with E-state index >= 15 is 0 Å². The molecule has 0 amide bonds. The molecule has 2 aromatic carbocycles. The average Bonchev–Trinajstić information content (AvgIpc) is 2.38. The summed E-state index contributed by atoms with van der Waals surface area (Å²) in [5.41, 5.74) is 0.286. The molecule has 1 nitrogen and oxygen atoms in total. The maximum Gasteiger partial charge on any atom is 0.416 e. The van der Waals surface area contributed by atoms with Crippen LogP contribution in [0.5, 0.6) is 0 Å². The number of nitriles is 1. The van der Waals surface area contributed by atoms with Gasteiger partial charge in [-0.3, -0.25) is 0 Å². The Labute approximate surface area is 119 Å². The van der Waals surface area contributed by atoms with Gasteiger partial charge in [-0.15, -0.1) is 0 Å². The standard InChI is InChI=1S/C15H10F3NS/c1-10-3-2-4-13(7-10)20-14-6-5-12(15(16,17)18)8-11(14)9-19/h2-8H,1H3. The van der Waals surface area contributed by atoms with Crippen LogP contribution in [0.2, 0.25) is 0 Å². The van der Waals surface area contributed by atoms with Crippen molar-refractivity contribution in [3.63, 3.8) is 0 Å². The summed E-state index contributed by atoms with van der Waals surface area (Å²) in [6.45, 7) is 1.93. The SMILES string of the molecule is Cc1cccc(Sc2ccc(C(F)(F)F)cc2C#N)c1. The first-order valence-corrected chi connectivity index (χ1v) is 6.57. The highest BCUT2D eigenvalue weighted by Gasteiger charge is 2.31. The van der Waals surface area contributed by atoms with Crippen LogP contribution in [-0.2, 0) is 6.18 Å². The molecule has 0 aliphatic heterocycles. The zero-order chi connectivity index (χ0) is 14.8. The molecule has 0 radical (unpaired) electrons. The molecule has 0 aliphatic rings. The van der Waals surface area contributed by atoms with Crippen molar-refractivity contribution in [3.05, 3.63) is 59.2 Å². The van der Waals surface area contributed by atoms with Crippen molar-refractivity contribution in [2.75, 3.05) is 0 Å². The normalized spacial score (nSPS) is 11.2. The van der Waals surface area contributed by atoms with Crippen LogP contribution >= 0.6 is 11.8 Å². The first-order chi connectivity index (χ1) is 9.40. The molecule has 0 unspecified atom stereocenters. The Bertz CT molecular complexity index is 672. The highest BCUT2D eigenvalue weighted by molar-refractivity contribution is 7.99. The molecular formula is C15H10F3NS. The van der Waals surface area contributed by atoms with E-state index in [2.05, 4.69) is 0 Å². The molecule has 0 aromatic heterocycles. The van der Waals surface area contributed by atoms with Crippen LogP contribution < -0.4 is 0 Å². The van der Waals surface area contributed by atoms with Gasteiger partial charge in [-0.2, -0.15) is 18.4 Å². The number of halogens is 3. The smallest absolute Gasteiger partial charge is 0.192 e. The third-order valence-corrected chi connectivity index (χ3v) is 3.71. The van der Waals surface area contributed by atoms with E-state index < -0.39 is 11.7 Å². The lowest BCUT2D eigenvalue weighted by atomic mass is 10.1. The predicted octanol–water partition coefficient (Wildman–Crippen LogP) is 5.04. The maximum atomic E-state index is 12.6. The van der Waals surface area contributed by atoms with E-state index in [-0.39, 0.29) is 5.56 Å². The molecule has 0 spiro atoms. The van der Waals surface area contributed by atoms with Crippen molar-refractivity contribution in [1.29, 1.82) is 5.26 Å². The lowest BCUT2D eigenvalue weighted by Crippen LogP contribution is -2.05. The topological polar surface area (TPSA) is 23.8 Å². The lowest BCUT2D eigenvalue weighted by Gasteiger charge is -2.09. The Hall–Kier alpha value is -1.93. The van der Waals surface area contributed by atoms with Crippen LogP contribution in [0.25, 0.3) is 0 Å². The van der Waals surface area contributed by atoms with E-state index in [1.54, 1.807) is 0 Å². The monoisotopic (exact) mass is 293 g/mol. The summed E-state index contributed by atoms with van der Waals surface area (Å²) in [5, 5.41) is 9.01. The first-order valence-electron chi connectivity index (χ1n) is 5.76. The molecule has 0 heterocycles. The molecule has 20 heavy (non-hydrogen) atoms. The molecule has 0 bridgehead atoms. The second kappa shape index (κ2) is 5.59. The van der Waals surface area contributed by atoms with Crippen molar-refractivity contribution < 1.29 is 13.2 Å². The number of rotatable bonds is 2. The zero-order valence-electron chi connectivity index (χ0n) is 10.5. The van der Waals surface area contributed by atoms with Gasteiger partial charge in [0.2, 0.25) is 0 Å². The first kappa shape index (κ1) is 14.5. The number of hydrogen-bond acceptors (Lipinski definition) is 2. The second-order valence-electron chi connectivity index (χ2n) is 4.24. The lowest BCUT2D eigenvalue weighted by molar-refractivity contribution is -0.137. The summed E-state index contributed by atoms with van der Waals surface area (Å²) < 4.78 is 37.8. The molecule has 0 fully saturated rings. The molecular weight excluding hydrogens is 283 g/mol. The number of nitrogens with zero attached hydrogens (tertiary/aromatic N) is 1. The Morgan fingerprint density at radius 3 is 2.45 bits per heavy atom. The fourth-order valence-electron chi connectivity index (χ4n) is 1.69. The van der Waals surface area contributed by atoms with Gasteiger partial charge in [-0.05, 0) is 37.3 Å². The van der Waals surface area contributed by atoms with Gasteiger partial charge < -0.3 is 0 Å².